The zero-order valence-corrected chi connectivity index (χ0v) is 8.71. The first-order chi connectivity index (χ1) is 5.29. The molecule has 0 atom stereocenters. The number of halogens is 1. The molecule has 11 heavy (non-hydrogen) atoms. The molecule has 0 nitrogen and oxygen atoms in total. The standard InChI is InChI=1S/C9H9BrS/c1-3-7-5-4-6-8(11-2)9(7)10/h3-6H,1H2,2H3. The minimum Gasteiger partial charge on any atom is -0.128 e. The van der Waals surface area contributed by atoms with E-state index in [-0.39, 0.29) is 0 Å². The maximum Gasteiger partial charge on any atom is 0.0383 e. The number of thioether (sulfide) groups is 1. The molecule has 2 heteroatoms. The molecule has 0 aliphatic carbocycles. The summed E-state index contributed by atoms with van der Waals surface area (Å²) in [5.41, 5.74) is 1.15. The third kappa shape index (κ3) is 1.88. The summed E-state index contributed by atoms with van der Waals surface area (Å²) in [5.74, 6) is 0. The second kappa shape index (κ2) is 3.98. The normalized spacial score (nSPS) is 9.64. The van der Waals surface area contributed by atoms with Crippen LogP contribution in [0.25, 0.3) is 6.08 Å². The number of hydrogen-bond acceptors (Lipinski definition) is 1. The van der Waals surface area contributed by atoms with Crippen LogP contribution in [0.2, 0.25) is 0 Å². The van der Waals surface area contributed by atoms with Crippen molar-refractivity contribution in [1.29, 1.82) is 0 Å². The predicted octanol–water partition coefficient (Wildman–Crippen LogP) is 3.81. The lowest BCUT2D eigenvalue weighted by Gasteiger charge is -2.02. The lowest BCUT2D eigenvalue weighted by molar-refractivity contribution is 1.39. The first kappa shape index (κ1) is 8.88. The second-order valence-corrected chi connectivity index (χ2v) is 3.71. The minimum absolute atomic E-state index is 1.14. The van der Waals surface area contributed by atoms with E-state index in [1.165, 1.54) is 4.90 Å². The summed E-state index contributed by atoms with van der Waals surface area (Å²) in [6.07, 6.45) is 3.91. The van der Waals surface area contributed by atoms with E-state index in [2.05, 4.69) is 34.8 Å². The van der Waals surface area contributed by atoms with E-state index in [1.807, 2.05) is 18.2 Å². The van der Waals surface area contributed by atoms with Gasteiger partial charge in [0.05, 0.1) is 0 Å². The fourth-order valence-electron chi connectivity index (χ4n) is 0.843. The Hall–Kier alpha value is -0.210. The van der Waals surface area contributed by atoms with Gasteiger partial charge in [-0.2, -0.15) is 0 Å². The van der Waals surface area contributed by atoms with E-state index < -0.39 is 0 Å². The fraction of sp³-hybridized carbons (Fsp3) is 0.111. The number of benzene rings is 1. The molecule has 0 fully saturated rings. The third-order valence-electron chi connectivity index (χ3n) is 1.43. The molecular formula is C9H9BrS. The van der Waals surface area contributed by atoms with Gasteiger partial charge >= 0.3 is 0 Å². The van der Waals surface area contributed by atoms with E-state index in [1.54, 1.807) is 11.8 Å². The van der Waals surface area contributed by atoms with E-state index in [9.17, 15) is 0 Å². The Labute approximate surface area is 79.8 Å². The molecule has 0 amide bonds. The molecular weight excluding hydrogens is 220 g/mol. The first-order valence-electron chi connectivity index (χ1n) is 3.24. The van der Waals surface area contributed by atoms with Crippen molar-refractivity contribution in [1.82, 2.24) is 0 Å². The van der Waals surface area contributed by atoms with Crippen LogP contribution in [0.1, 0.15) is 5.56 Å². The van der Waals surface area contributed by atoms with Gasteiger partial charge in [-0.15, -0.1) is 11.8 Å². The molecule has 0 aromatic heterocycles. The highest BCUT2D eigenvalue weighted by Gasteiger charge is 1.99. The van der Waals surface area contributed by atoms with Crippen molar-refractivity contribution >= 4 is 33.8 Å². The van der Waals surface area contributed by atoms with Crippen LogP contribution in [-0.2, 0) is 0 Å². The Kier molecular flexibility index (Phi) is 3.21. The summed E-state index contributed by atoms with van der Waals surface area (Å²) in [4.78, 5) is 1.25. The van der Waals surface area contributed by atoms with Crippen LogP contribution in [0.15, 0.2) is 34.1 Å². The molecule has 58 valence electrons. The van der Waals surface area contributed by atoms with Gasteiger partial charge in [0.2, 0.25) is 0 Å². The minimum atomic E-state index is 1.14. The molecule has 0 saturated heterocycles. The van der Waals surface area contributed by atoms with Crippen molar-refractivity contribution in [3.63, 3.8) is 0 Å². The molecule has 0 saturated carbocycles. The van der Waals surface area contributed by atoms with Crippen molar-refractivity contribution < 1.29 is 0 Å². The van der Waals surface area contributed by atoms with Crippen LogP contribution < -0.4 is 0 Å². The Bertz CT molecular complexity index is 268. The molecule has 0 radical (unpaired) electrons. The van der Waals surface area contributed by atoms with Gasteiger partial charge in [-0.1, -0.05) is 24.8 Å². The summed E-state index contributed by atoms with van der Waals surface area (Å²) >= 11 is 5.24. The van der Waals surface area contributed by atoms with Gasteiger partial charge in [0.25, 0.3) is 0 Å². The molecule has 0 bridgehead atoms. The van der Waals surface area contributed by atoms with E-state index in [0.717, 1.165) is 10.0 Å². The summed E-state index contributed by atoms with van der Waals surface area (Å²) in [7, 11) is 0. The van der Waals surface area contributed by atoms with Crippen LogP contribution in [-0.4, -0.2) is 6.26 Å². The molecule has 0 N–H and O–H groups in total. The van der Waals surface area contributed by atoms with Crippen molar-refractivity contribution in [2.45, 2.75) is 4.90 Å². The molecule has 1 aromatic rings. The molecule has 1 rings (SSSR count). The lowest BCUT2D eigenvalue weighted by Crippen LogP contribution is -1.77. The van der Waals surface area contributed by atoms with E-state index in [4.69, 9.17) is 0 Å². The monoisotopic (exact) mass is 228 g/mol. The quantitative estimate of drug-likeness (QED) is 0.695. The van der Waals surface area contributed by atoms with Gasteiger partial charge < -0.3 is 0 Å². The maximum absolute atomic E-state index is 3.73. The molecule has 0 aliphatic rings. The smallest absolute Gasteiger partial charge is 0.0383 e. The third-order valence-corrected chi connectivity index (χ3v) is 3.36. The highest BCUT2D eigenvalue weighted by molar-refractivity contribution is 9.10. The molecule has 0 unspecified atom stereocenters. The van der Waals surface area contributed by atoms with Crippen LogP contribution >= 0.6 is 27.7 Å². The van der Waals surface area contributed by atoms with E-state index >= 15 is 0 Å². The molecule has 0 heterocycles. The van der Waals surface area contributed by atoms with Crippen LogP contribution in [0.4, 0.5) is 0 Å². The SMILES string of the molecule is C=Cc1cccc(SC)c1Br. The average Bonchev–Trinajstić information content (AvgIpc) is 2.05. The summed E-state index contributed by atoms with van der Waals surface area (Å²) in [6, 6.07) is 6.16. The van der Waals surface area contributed by atoms with Crippen molar-refractivity contribution in [3.8, 4) is 0 Å². The van der Waals surface area contributed by atoms with Crippen molar-refractivity contribution in [3.05, 3.63) is 34.8 Å². The Morgan fingerprint density at radius 3 is 2.82 bits per heavy atom. The summed E-state index contributed by atoms with van der Waals surface area (Å²) in [6.45, 7) is 3.73. The lowest BCUT2D eigenvalue weighted by atomic mass is 10.2. The highest BCUT2D eigenvalue weighted by atomic mass is 79.9. The van der Waals surface area contributed by atoms with Gasteiger partial charge in [0.1, 0.15) is 0 Å². The predicted molar refractivity (Wildman–Crippen MR) is 56.0 cm³/mol. The van der Waals surface area contributed by atoms with Gasteiger partial charge in [-0.05, 0) is 33.8 Å². The summed E-state index contributed by atoms with van der Waals surface area (Å²) in [5, 5.41) is 0. The van der Waals surface area contributed by atoms with E-state index in [0.29, 0.717) is 0 Å². The Morgan fingerprint density at radius 2 is 2.27 bits per heavy atom. The number of rotatable bonds is 2. The average molecular weight is 229 g/mol. The van der Waals surface area contributed by atoms with Gasteiger partial charge in [0.15, 0.2) is 0 Å². The zero-order chi connectivity index (χ0) is 8.27. The highest BCUT2D eigenvalue weighted by Crippen LogP contribution is 2.29. The molecule has 0 spiro atoms. The van der Waals surface area contributed by atoms with Crippen LogP contribution in [0, 0.1) is 0 Å². The number of hydrogen-bond donors (Lipinski definition) is 0. The Morgan fingerprint density at radius 1 is 1.55 bits per heavy atom. The maximum atomic E-state index is 3.73. The largest absolute Gasteiger partial charge is 0.128 e. The van der Waals surface area contributed by atoms with Crippen LogP contribution in [0.5, 0.6) is 0 Å². The first-order valence-corrected chi connectivity index (χ1v) is 5.26. The Balaban J connectivity index is 3.20. The second-order valence-electron chi connectivity index (χ2n) is 2.07. The molecule has 1 aromatic carbocycles. The van der Waals surface area contributed by atoms with Crippen molar-refractivity contribution in [2.75, 3.05) is 6.26 Å². The van der Waals surface area contributed by atoms with Crippen molar-refractivity contribution in [2.24, 2.45) is 0 Å². The summed E-state index contributed by atoms with van der Waals surface area (Å²) < 4.78 is 1.14. The van der Waals surface area contributed by atoms with Gasteiger partial charge in [-0.3, -0.25) is 0 Å². The van der Waals surface area contributed by atoms with Gasteiger partial charge in [0, 0.05) is 9.37 Å². The van der Waals surface area contributed by atoms with Crippen LogP contribution in [0.3, 0.4) is 0 Å². The fourth-order valence-corrected chi connectivity index (χ4v) is 2.27. The zero-order valence-electron chi connectivity index (χ0n) is 6.30. The topological polar surface area (TPSA) is 0 Å². The molecule has 0 aliphatic heterocycles. The van der Waals surface area contributed by atoms with Gasteiger partial charge in [-0.25, -0.2) is 0 Å².